The van der Waals surface area contributed by atoms with E-state index < -0.39 is 11.9 Å². The Morgan fingerprint density at radius 1 is 1.38 bits per heavy atom. The molecule has 7 nitrogen and oxygen atoms in total. The lowest BCUT2D eigenvalue weighted by Gasteiger charge is -2.10. The van der Waals surface area contributed by atoms with Gasteiger partial charge in [-0.05, 0) is 38.1 Å². The lowest BCUT2D eigenvalue weighted by atomic mass is 10.2. The van der Waals surface area contributed by atoms with Gasteiger partial charge in [0.25, 0.3) is 5.91 Å². The van der Waals surface area contributed by atoms with E-state index in [2.05, 4.69) is 10.5 Å². The van der Waals surface area contributed by atoms with Crippen LogP contribution in [-0.2, 0) is 4.79 Å². The number of nitrogens with zero attached hydrogens (tertiary/aromatic N) is 3. The highest BCUT2D eigenvalue weighted by Gasteiger charge is 2.11. The van der Waals surface area contributed by atoms with Crippen LogP contribution in [0.15, 0.2) is 35.4 Å². The molecule has 1 aromatic heterocycles. The molecule has 24 heavy (non-hydrogen) atoms. The van der Waals surface area contributed by atoms with E-state index in [4.69, 9.17) is 10.4 Å². The van der Waals surface area contributed by atoms with Gasteiger partial charge in [-0.1, -0.05) is 6.07 Å². The second kappa shape index (κ2) is 7.24. The average molecular weight is 324 g/mol. The summed E-state index contributed by atoms with van der Waals surface area (Å²) in [5, 5.41) is 21.4. The number of aromatic nitrogens is 1. The van der Waals surface area contributed by atoms with Crippen LogP contribution in [0.2, 0.25) is 0 Å². The minimum atomic E-state index is -0.985. The summed E-state index contributed by atoms with van der Waals surface area (Å²) in [4.78, 5) is 22.3. The quantitative estimate of drug-likeness (QED) is 0.649. The van der Waals surface area contributed by atoms with Gasteiger partial charge in [0.15, 0.2) is 0 Å². The second-order valence-electron chi connectivity index (χ2n) is 5.15. The molecule has 0 saturated heterocycles. The topological polar surface area (TPSA) is 107 Å². The molecule has 1 amide bonds. The standard InChI is InChI=1S/C17H16N4O3/c1-11-8-14(10-19-20-16(22)6-7-18)12(2)21(11)15-5-3-4-13(9-15)17(23)24/h3-5,8-10H,6H2,1-2H3,(H,20,22)(H,23,24). The Kier molecular flexibility index (Phi) is 5.12. The van der Waals surface area contributed by atoms with Crippen LogP contribution in [0.5, 0.6) is 0 Å². The third-order valence-electron chi connectivity index (χ3n) is 3.45. The van der Waals surface area contributed by atoms with E-state index in [1.54, 1.807) is 18.2 Å². The molecule has 2 rings (SSSR count). The van der Waals surface area contributed by atoms with Crippen LogP contribution in [0.4, 0.5) is 0 Å². The highest BCUT2D eigenvalue weighted by atomic mass is 16.4. The molecule has 0 bridgehead atoms. The number of rotatable bonds is 5. The summed E-state index contributed by atoms with van der Waals surface area (Å²) in [5.74, 6) is -1.46. The number of benzene rings is 1. The van der Waals surface area contributed by atoms with Gasteiger partial charge in [-0.3, -0.25) is 4.79 Å². The van der Waals surface area contributed by atoms with Gasteiger partial charge >= 0.3 is 5.97 Å². The van der Waals surface area contributed by atoms with Gasteiger partial charge < -0.3 is 9.67 Å². The zero-order valence-electron chi connectivity index (χ0n) is 13.3. The van der Waals surface area contributed by atoms with Crippen molar-refractivity contribution in [2.45, 2.75) is 20.3 Å². The molecule has 0 fully saturated rings. The Labute approximate surface area is 138 Å². The van der Waals surface area contributed by atoms with E-state index >= 15 is 0 Å². The number of nitrogens with one attached hydrogen (secondary N) is 1. The van der Waals surface area contributed by atoms with Crippen molar-refractivity contribution in [1.82, 2.24) is 9.99 Å². The Morgan fingerprint density at radius 3 is 2.79 bits per heavy atom. The number of carbonyl (C=O) groups is 2. The number of nitriles is 1. The first kappa shape index (κ1) is 17.0. The van der Waals surface area contributed by atoms with Gasteiger partial charge in [0.1, 0.15) is 6.42 Å². The van der Waals surface area contributed by atoms with Crippen molar-refractivity contribution in [3.8, 4) is 11.8 Å². The summed E-state index contributed by atoms with van der Waals surface area (Å²) in [6.45, 7) is 3.77. The molecule has 1 aromatic carbocycles. The first-order valence-corrected chi connectivity index (χ1v) is 7.15. The number of aryl methyl sites for hydroxylation is 1. The number of carbonyl (C=O) groups excluding carboxylic acids is 1. The molecular formula is C17H16N4O3. The van der Waals surface area contributed by atoms with Crippen molar-refractivity contribution in [3.05, 3.63) is 52.8 Å². The molecular weight excluding hydrogens is 308 g/mol. The van der Waals surface area contributed by atoms with Crippen LogP contribution in [0.1, 0.15) is 33.7 Å². The Hall–Kier alpha value is -3.40. The van der Waals surface area contributed by atoms with Gasteiger partial charge in [0, 0.05) is 22.6 Å². The molecule has 2 aromatic rings. The normalized spacial score (nSPS) is 10.5. The summed E-state index contributed by atoms with van der Waals surface area (Å²) >= 11 is 0. The zero-order valence-corrected chi connectivity index (χ0v) is 13.3. The highest BCUT2D eigenvalue weighted by molar-refractivity contribution is 5.88. The van der Waals surface area contributed by atoms with Crippen molar-refractivity contribution < 1.29 is 14.7 Å². The molecule has 0 aliphatic heterocycles. The molecule has 1 heterocycles. The highest BCUT2D eigenvalue weighted by Crippen LogP contribution is 2.20. The fourth-order valence-electron chi connectivity index (χ4n) is 2.38. The SMILES string of the molecule is Cc1cc(C=NNC(=O)CC#N)c(C)n1-c1cccc(C(=O)O)c1. The van der Waals surface area contributed by atoms with Crippen LogP contribution in [0, 0.1) is 25.2 Å². The van der Waals surface area contributed by atoms with Crippen LogP contribution >= 0.6 is 0 Å². The first-order chi connectivity index (χ1) is 11.4. The number of hydrogen-bond acceptors (Lipinski definition) is 4. The molecule has 0 radical (unpaired) electrons. The number of amides is 1. The van der Waals surface area contributed by atoms with Crippen molar-refractivity contribution in [2.75, 3.05) is 0 Å². The van der Waals surface area contributed by atoms with Gasteiger partial charge in [-0.2, -0.15) is 10.4 Å². The largest absolute Gasteiger partial charge is 0.478 e. The maximum atomic E-state index is 11.2. The monoisotopic (exact) mass is 324 g/mol. The van der Waals surface area contributed by atoms with Crippen molar-refractivity contribution >= 4 is 18.1 Å². The summed E-state index contributed by atoms with van der Waals surface area (Å²) in [6, 6.07) is 10.3. The van der Waals surface area contributed by atoms with Gasteiger partial charge in [-0.15, -0.1) is 0 Å². The second-order valence-corrected chi connectivity index (χ2v) is 5.15. The minimum Gasteiger partial charge on any atom is -0.478 e. The number of hydrazone groups is 1. The molecule has 0 aliphatic rings. The predicted molar refractivity (Wildman–Crippen MR) is 88.2 cm³/mol. The maximum absolute atomic E-state index is 11.2. The molecule has 0 atom stereocenters. The van der Waals surface area contributed by atoms with Crippen LogP contribution in [0.25, 0.3) is 5.69 Å². The Balaban J connectivity index is 2.31. The fourth-order valence-corrected chi connectivity index (χ4v) is 2.38. The lowest BCUT2D eigenvalue weighted by molar-refractivity contribution is -0.120. The minimum absolute atomic E-state index is 0.207. The van der Waals surface area contributed by atoms with Crippen LogP contribution in [-0.4, -0.2) is 27.8 Å². The Morgan fingerprint density at radius 2 is 2.12 bits per heavy atom. The number of aromatic carboxylic acids is 1. The molecule has 0 aliphatic carbocycles. The molecule has 0 spiro atoms. The summed E-state index contributed by atoms with van der Waals surface area (Å²) < 4.78 is 1.91. The third kappa shape index (κ3) is 3.67. The van der Waals surface area contributed by atoms with E-state index in [9.17, 15) is 9.59 Å². The molecule has 0 saturated carbocycles. The van der Waals surface area contributed by atoms with Gasteiger partial charge in [-0.25, -0.2) is 10.2 Å². The van der Waals surface area contributed by atoms with E-state index in [0.717, 1.165) is 22.6 Å². The van der Waals surface area contributed by atoms with Crippen molar-refractivity contribution in [2.24, 2.45) is 5.10 Å². The van der Waals surface area contributed by atoms with E-state index in [0.29, 0.717) is 0 Å². The lowest BCUT2D eigenvalue weighted by Crippen LogP contribution is -2.16. The summed E-state index contributed by atoms with van der Waals surface area (Å²) in [5.41, 5.74) is 5.75. The molecule has 2 N–H and O–H groups in total. The van der Waals surface area contributed by atoms with Crippen LogP contribution in [0.3, 0.4) is 0 Å². The number of carboxylic acid groups (broad SMARTS) is 1. The van der Waals surface area contributed by atoms with Crippen molar-refractivity contribution in [3.63, 3.8) is 0 Å². The zero-order chi connectivity index (χ0) is 17.7. The number of carboxylic acids is 1. The molecule has 122 valence electrons. The maximum Gasteiger partial charge on any atom is 0.335 e. The predicted octanol–water partition coefficient (Wildman–Crippen LogP) is 2.16. The fraction of sp³-hybridized carbons (Fsp3) is 0.176. The first-order valence-electron chi connectivity index (χ1n) is 7.15. The Bertz CT molecular complexity index is 859. The smallest absolute Gasteiger partial charge is 0.335 e. The van der Waals surface area contributed by atoms with Crippen molar-refractivity contribution in [1.29, 1.82) is 5.26 Å². The van der Waals surface area contributed by atoms with E-state index in [-0.39, 0.29) is 12.0 Å². The summed E-state index contributed by atoms with van der Waals surface area (Å²) in [7, 11) is 0. The molecule has 0 unspecified atom stereocenters. The third-order valence-corrected chi connectivity index (χ3v) is 3.45. The van der Waals surface area contributed by atoms with E-state index in [1.165, 1.54) is 12.3 Å². The number of hydrogen-bond donors (Lipinski definition) is 2. The van der Waals surface area contributed by atoms with E-state index in [1.807, 2.05) is 30.5 Å². The van der Waals surface area contributed by atoms with Gasteiger partial charge in [0.2, 0.25) is 0 Å². The molecule has 7 heteroatoms. The average Bonchev–Trinajstić information content (AvgIpc) is 2.82. The summed E-state index contributed by atoms with van der Waals surface area (Å²) in [6.07, 6.45) is 1.24. The van der Waals surface area contributed by atoms with Gasteiger partial charge in [0.05, 0.1) is 17.8 Å². The van der Waals surface area contributed by atoms with Crippen LogP contribution < -0.4 is 5.43 Å².